The average Bonchev–Trinajstić information content (AvgIpc) is 2.97. The Morgan fingerprint density at radius 2 is 2.09 bits per heavy atom. The summed E-state index contributed by atoms with van der Waals surface area (Å²) in [6, 6.07) is 5.45. The molecule has 23 heavy (non-hydrogen) atoms. The molecular formula is C16H25ClN2O3S. The van der Waals surface area contributed by atoms with E-state index in [4.69, 9.17) is 15.2 Å². The number of thioether (sulfide) groups is 1. The quantitative estimate of drug-likeness (QED) is 0.780. The zero-order valence-electron chi connectivity index (χ0n) is 13.8. The van der Waals surface area contributed by atoms with E-state index in [0.717, 1.165) is 22.8 Å². The number of carbonyl (C=O) groups excluding carboxylic acids is 1. The molecule has 1 aromatic rings. The third kappa shape index (κ3) is 5.19. The van der Waals surface area contributed by atoms with E-state index in [1.54, 1.807) is 11.8 Å². The van der Waals surface area contributed by atoms with Crippen molar-refractivity contribution in [3.63, 3.8) is 0 Å². The van der Waals surface area contributed by atoms with Gasteiger partial charge in [0.2, 0.25) is 12.7 Å². The van der Waals surface area contributed by atoms with Crippen LogP contribution in [-0.2, 0) is 10.2 Å². The molecule has 1 aromatic carbocycles. The Balaban J connectivity index is 0.00000264. The summed E-state index contributed by atoms with van der Waals surface area (Å²) >= 11 is 1.69. The maximum atomic E-state index is 12.0. The Labute approximate surface area is 148 Å². The van der Waals surface area contributed by atoms with Crippen LogP contribution in [0.5, 0.6) is 11.5 Å². The molecule has 0 spiro atoms. The monoisotopic (exact) mass is 360 g/mol. The van der Waals surface area contributed by atoms with Crippen LogP contribution < -0.4 is 20.5 Å². The van der Waals surface area contributed by atoms with Gasteiger partial charge in [0, 0.05) is 12.0 Å². The van der Waals surface area contributed by atoms with Crippen LogP contribution >= 0.6 is 24.2 Å². The minimum Gasteiger partial charge on any atom is -0.454 e. The summed E-state index contributed by atoms with van der Waals surface area (Å²) in [5.41, 5.74) is 6.76. The Morgan fingerprint density at radius 3 is 2.78 bits per heavy atom. The number of hydrogen-bond acceptors (Lipinski definition) is 5. The Hall–Kier alpha value is -1.11. The van der Waals surface area contributed by atoms with E-state index in [2.05, 4.69) is 19.2 Å². The molecule has 1 atom stereocenters. The zero-order valence-corrected chi connectivity index (χ0v) is 15.4. The summed E-state index contributed by atoms with van der Waals surface area (Å²) in [6.45, 7) is 4.95. The normalized spacial score (nSPS) is 14.1. The third-order valence-corrected chi connectivity index (χ3v) is 4.47. The van der Waals surface area contributed by atoms with Crippen LogP contribution in [-0.4, -0.2) is 37.3 Å². The first-order valence-electron chi connectivity index (χ1n) is 7.36. The van der Waals surface area contributed by atoms with E-state index in [9.17, 15) is 4.79 Å². The molecule has 1 heterocycles. The number of ether oxygens (including phenoxy) is 2. The second kappa shape index (κ2) is 8.66. The zero-order chi connectivity index (χ0) is 16.2. The maximum Gasteiger partial charge on any atom is 0.236 e. The van der Waals surface area contributed by atoms with Crippen molar-refractivity contribution in [3.8, 4) is 11.5 Å². The molecular weight excluding hydrogens is 336 g/mol. The first-order valence-corrected chi connectivity index (χ1v) is 8.76. The Bertz CT molecular complexity index is 540. The van der Waals surface area contributed by atoms with Crippen molar-refractivity contribution >= 4 is 30.1 Å². The molecule has 130 valence electrons. The number of nitrogens with two attached hydrogens (primary N) is 1. The molecule has 0 aromatic heterocycles. The van der Waals surface area contributed by atoms with Gasteiger partial charge >= 0.3 is 0 Å². The summed E-state index contributed by atoms with van der Waals surface area (Å²) < 4.78 is 10.7. The van der Waals surface area contributed by atoms with Gasteiger partial charge in [-0.25, -0.2) is 0 Å². The maximum absolute atomic E-state index is 12.0. The molecule has 0 saturated heterocycles. The van der Waals surface area contributed by atoms with Crippen molar-refractivity contribution in [1.82, 2.24) is 5.32 Å². The van der Waals surface area contributed by atoms with Gasteiger partial charge in [-0.05, 0) is 36.1 Å². The average molecular weight is 361 g/mol. The fraction of sp³-hybridized carbons (Fsp3) is 0.562. The van der Waals surface area contributed by atoms with Gasteiger partial charge in [0.1, 0.15) is 0 Å². The van der Waals surface area contributed by atoms with Crippen molar-refractivity contribution in [3.05, 3.63) is 23.8 Å². The number of benzene rings is 1. The Morgan fingerprint density at radius 1 is 1.39 bits per heavy atom. The molecule has 0 aliphatic carbocycles. The van der Waals surface area contributed by atoms with Crippen LogP contribution in [0.2, 0.25) is 0 Å². The van der Waals surface area contributed by atoms with E-state index in [0.29, 0.717) is 13.0 Å². The van der Waals surface area contributed by atoms with E-state index < -0.39 is 6.04 Å². The predicted molar refractivity (Wildman–Crippen MR) is 96.8 cm³/mol. The van der Waals surface area contributed by atoms with Gasteiger partial charge in [0.25, 0.3) is 0 Å². The van der Waals surface area contributed by atoms with Gasteiger partial charge in [-0.3, -0.25) is 4.79 Å². The number of amides is 1. The minimum absolute atomic E-state index is 0. The number of halogens is 1. The molecule has 2 rings (SSSR count). The van der Waals surface area contributed by atoms with Gasteiger partial charge < -0.3 is 20.5 Å². The largest absolute Gasteiger partial charge is 0.454 e. The van der Waals surface area contributed by atoms with Crippen LogP contribution in [0, 0.1) is 0 Å². The summed E-state index contributed by atoms with van der Waals surface area (Å²) in [4.78, 5) is 12.0. The first kappa shape index (κ1) is 19.9. The van der Waals surface area contributed by atoms with Crippen molar-refractivity contribution in [2.75, 3.05) is 25.3 Å². The fourth-order valence-corrected chi connectivity index (χ4v) is 2.72. The highest BCUT2D eigenvalue weighted by atomic mass is 35.5. The van der Waals surface area contributed by atoms with E-state index in [1.165, 1.54) is 0 Å². The highest BCUT2D eigenvalue weighted by Crippen LogP contribution is 2.36. The molecule has 0 bridgehead atoms. The van der Waals surface area contributed by atoms with Gasteiger partial charge in [-0.15, -0.1) is 12.4 Å². The predicted octanol–water partition coefficient (Wildman–Crippen LogP) is 2.31. The number of fused-ring (bicyclic) bond motifs is 1. The lowest BCUT2D eigenvalue weighted by molar-refractivity contribution is -0.122. The Kier molecular flexibility index (Phi) is 7.51. The van der Waals surface area contributed by atoms with Gasteiger partial charge in [0.15, 0.2) is 11.5 Å². The fourth-order valence-electron chi connectivity index (χ4n) is 2.23. The van der Waals surface area contributed by atoms with E-state index in [-0.39, 0.29) is 30.5 Å². The van der Waals surface area contributed by atoms with Crippen LogP contribution in [0.4, 0.5) is 0 Å². The van der Waals surface area contributed by atoms with Crippen molar-refractivity contribution < 1.29 is 14.3 Å². The highest BCUT2D eigenvalue weighted by Gasteiger charge is 2.25. The van der Waals surface area contributed by atoms with Crippen LogP contribution in [0.25, 0.3) is 0 Å². The molecule has 0 unspecified atom stereocenters. The van der Waals surface area contributed by atoms with Crippen molar-refractivity contribution in [1.29, 1.82) is 0 Å². The minimum atomic E-state index is -0.444. The van der Waals surface area contributed by atoms with Crippen LogP contribution in [0.15, 0.2) is 18.2 Å². The summed E-state index contributed by atoms with van der Waals surface area (Å²) in [5, 5.41) is 2.95. The van der Waals surface area contributed by atoms with Gasteiger partial charge in [0.05, 0.1) is 6.04 Å². The molecule has 3 N–H and O–H groups in total. The molecule has 0 fully saturated rings. The van der Waals surface area contributed by atoms with E-state index in [1.807, 2.05) is 24.5 Å². The topological polar surface area (TPSA) is 73.6 Å². The summed E-state index contributed by atoms with van der Waals surface area (Å²) in [7, 11) is 0. The van der Waals surface area contributed by atoms with E-state index >= 15 is 0 Å². The number of rotatable bonds is 7. The van der Waals surface area contributed by atoms with Crippen molar-refractivity contribution in [2.45, 2.75) is 31.7 Å². The van der Waals surface area contributed by atoms with Gasteiger partial charge in [-0.2, -0.15) is 11.8 Å². The number of hydrogen-bond donors (Lipinski definition) is 2. The molecule has 1 amide bonds. The second-order valence-electron chi connectivity index (χ2n) is 6.06. The highest BCUT2D eigenvalue weighted by molar-refractivity contribution is 7.98. The third-order valence-electron chi connectivity index (χ3n) is 3.83. The summed E-state index contributed by atoms with van der Waals surface area (Å²) in [5.74, 6) is 2.32. The molecule has 1 aliphatic heterocycles. The molecule has 0 radical (unpaired) electrons. The van der Waals surface area contributed by atoms with Gasteiger partial charge in [-0.1, -0.05) is 19.9 Å². The standard InChI is InChI=1S/C16H24N2O3S.ClH/c1-16(2,9-18-15(19)12(17)6-7-22-3)11-4-5-13-14(8-11)21-10-20-13;/h4-5,8,12H,6-7,9-10,17H2,1-3H3,(H,18,19);1H/t12-;/m0./s1. The molecule has 7 heteroatoms. The SMILES string of the molecule is CSCC[C@H](N)C(=O)NCC(C)(C)c1ccc2c(c1)OCO2.Cl. The van der Waals surface area contributed by atoms with Crippen LogP contribution in [0.3, 0.4) is 0 Å². The summed E-state index contributed by atoms with van der Waals surface area (Å²) in [6.07, 6.45) is 2.70. The smallest absolute Gasteiger partial charge is 0.236 e. The lowest BCUT2D eigenvalue weighted by Gasteiger charge is -2.26. The van der Waals surface area contributed by atoms with Crippen LogP contribution in [0.1, 0.15) is 25.8 Å². The molecule has 0 saturated carbocycles. The molecule has 5 nitrogen and oxygen atoms in total. The molecule has 1 aliphatic rings. The lowest BCUT2D eigenvalue weighted by atomic mass is 9.84. The number of carbonyl (C=O) groups is 1. The number of nitrogens with one attached hydrogen (secondary N) is 1. The second-order valence-corrected chi connectivity index (χ2v) is 7.04. The first-order chi connectivity index (χ1) is 10.4. The lowest BCUT2D eigenvalue weighted by Crippen LogP contribution is -2.45. The van der Waals surface area contributed by atoms with Crippen molar-refractivity contribution in [2.24, 2.45) is 5.73 Å².